The number of piperidine rings is 1. The Bertz CT molecular complexity index is 64.1. The molecule has 1 aliphatic heterocycles. The SMILES string of the molecule is [K+].[O-]CC1CCNCC1. The van der Waals surface area contributed by atoms with Gasteiger partial charge in [-0.3, -0.25) is 0 Å². The predicted octanol–water partition coefficient (Wildman–Crippen LogP) is -3.65. The van der Waals surface area contributed by atoms with E-state index < -0.39 is 0 Å². The second kappa shape index (κ2) is 6.28. The molecule has 1 rings (SSSR count). The summed E-state index contributed by atoms with van der Waals surface area (Å²) in [6.07, 6.45) is 2.17. The summed E-state index contributed by atoms with van der Waals surface area (Å²) in [5.41, 5.74) is 0. The molecule has 48 valence electrons. The zero-order valence-corrected chi connectivity index (χ0v) is 9.14. The molecular weight excluding hydrogens is 141 g/mol. The Balaban J connectivity index is 0.000000640. The number of nitrogens with one attached hydrogen (secondary N) is 1. The first-order valence-corrected chi connectivity index (χ1v) is 3.22. The molecule has 1 aliphatic rings. The van der Waals surface area contributed by atoms with Gasteiger partial charge in [0.1, 0.15) is 0 Å². The Hall–Kier alpha value is 1.56. The molecule has 9 heavy (non-hydrogen) atoms. The molecule has 3 heteroatoms. The van der Waals surface area contributed by atoms with E-state index in [0.29, 0.717) is 5.92 Å². The fraction of sp³-hybridized carbons (Fsp3) is 1.00. The van der Waals surface area contributed by atoms with Crippen LogP contribution in [0.15, 0.2) is 0 Å². The minimum atomic E-state index is 0. The third-order valence-electron chi connectivity index (χ3n) is 1.69. The summed E-state index contributed by atoms with van der Waals surface area (Å²) in [6, 6.07) is 0. The van der Waals surface area contributed by atoms with Gasteiger partial charge < -0.3 is 10.4 Å². The minimum Gasteiger partial charge on any atom is -0.854 e. The monoisotopic (exact) mass is 153 g/mol. The van der Waals surface area contributed by atoms with Gasteiger partial charge in [-0.25, -0.2) is 0 Å². The summed E-state index contributed by atoms with van der Waals surface area (Å²) in [5, 5.41) is 13.5. The maximum absolute atomic E-state index is 10.3. The van der Waals surface area contributed by atoms with Crippen molar-refractivity contribution in [3.63, 3.8) is 0 Å². The van der Waals surface area contributed by atoms with Crippen LogP contribution >= 0.6 is 0 Å². The molecule has 1 N–H and O–H groups in total. The fourth-order valence-corrected chi connectivity index (χ4v) is 1.05. The van der Waals surface area contributed by atoms with Crippen LogP contribution in [0.25, 0.3) is 0 Å². The van der Waals surface area contributed by atoms with Crippen LogP contribution in [0.4, 0.5) is 0 Å². The van der Waals surface area contributed by atoms with Crippen LogP contribution in [0, 0.1) is 5.92 Å². The normalized spacial score (nSPS) is 21.0. The van der Waals surface area contributed by atoms with Gasteiger partial charge in [0.05, 0.1) is 0 Å². The van der Waals surface area contributed by atoms with Crippen LogP contribution in [-0.4, -0.2) is 19.7 Å². The molecule has 0 amide bonds. The maximum atomic E-state index is 10.3. The van der Waals surface area contributed by atoms with Crippen molar-refractivity contribution in [2.75, 3.05) is 19.7 Å². The van der Waals surface area contributed by atoms with Crippen molar-refractivity contribution in [2.24, 2.45) is 5.92 Å². The molecule has 0 aromatic carbocycles. The van der Waals surface area contributed by atoms with Crippen molar-refractivity contribution in [1.82, 2.24) is 5.32 Å². The summed E-state index contributed by atoms with van der Waals surface area (Å²) in [7, 11) is 0. The summed E-state index contributed by atoms with van der Waals surface area (Å²) >= 11 is 0. The van der Waals surface area contributed by atoms with Gasteiger partial charge in [-0.2, -0.15) is 0 Å². The van der Waals surface area contributed by atoms with E-state index in [1.54, 1.807) is 0 Å². The van der Waals surface area contributed by atoms with Crippen LogP contribution in [-0.2, 0) is 0 Å². The van der Waals surface area contributed by atoms with Crippen LogP contribution in [0.3, 0.4) is 0 Å². The van der Waals surface area contributed by atoms with Crippen LogP contribution in [0.2, 0.25) is 0 Å². The van der Waals surface area contributed by atoms with Gasteiger partial charge in [-0.1, -0.05) is 5.92 Å². The van der Waals surface area contributed by atoms with Gasteiger partial charge in [0, 0.05) is 0 Å². The molecule has 1 heterocycles. The molecule has 0 aromatic rings. The second-order valence-electron chi connectivity index (χ2n) is 2.36. The van der Waals surface area contributed by atoms with Crippen molar-refractivity contribution in [3.05, 3.63) is 0 Å². The molecule has 0 aromatic heterocycles. The average molecular weight is 153 g/mol. The molecule has 0 radical (unpaired) electrons. The fourth-order valence-electron chi connectivity index (χ4n) is 1.05. The largest absolute Gasteiger partial charge is 1.00 e. The van der Waals surface area contributed by atoms with Crippen molar-refractivity contribution >= 4 is 0 Å². The molecule has 0 bridgehead atoms. The van der Waals surface area contributed by atoms with E-state index >= 15 is 0 Å². The van der Waals surface area contributed by atoms with Crippen molar-refractivity contribution in [1.29, 1.82) is 0 Å². The van der Waals surface area contributed by atoms with Gasteiger partial charge in [0.25, 0.3) is 0 Å². The van der Waals surface area contributed by atoms with Gasteiger partial charge in [-0.15, -0.1) is 6.61 Å². The Morgan fingerprint density at radius 1 is 1.33 bits per heavy atom. The first-order valence-electron chi connectivity index (χ1n) is 3.22. The third kappa shape index (κ3) is 4.09. The quantitative estimate of drug-likeness (QED) is 0.394. The summed E-state index contributed by atoms with van der Waals surface area (Å²) in [5.74, 6) is 0.469. The zero-order chi connectivity index (χ0) is 5.82. The summed E-state index contributed by atoms with van der Waals surface area (Å²) in [6.45, 7) is 2.22. The first-order chi connectivity index (χ1) is 3.93. The molecule has 0 saturated carbocycles. The molecule has 0 aliphatic carbocycles. The van der Waals surface area contributed by atoms with E-state index in [-0.39, 0.29) is 58.0 Å². The third-order valence-corrected chi connectivity index (χ3v) is 1.69. The molecular formula is C6H12KNO. The van der Waals surface area contributed by atoms with Gasteiger partial charge in [0.2, 0.25) is 0 Å². The number of hydrogen-bond acceptors (Lipinski definition) is 2. The van der Waals surface area contributed by atoms with E-state index in [2.05, 4.69) is 5.32 Å². The van der Waals surface area contributed by atoms with Gasteiger partial charge in [-0.05, 0) is 25.9 Å². The first kappa shape index (κ1) is 10.6. The Labute approximate surface area is 98.8 Å². The van der Waals surface area contributed by atoms with Gasteiger partial charge in [0.15, 0.2) is 0 Å². The van der Waals surface area contributed by atoms with Crippen molar-refractivity contribution in [3.8, 4) is 0 Å². The van der Waals surface area contributed by atoms with Crippen molar-refractivity contribution < 1.29 is 56.5 Å². The van der Waals surface area contributed by atoms with Crippen LogP contribution in [0.1, 0.15) is 12.8 Å². The number of hydrogen-bond donors (Lipinski definition) is 1. The minimum absolute atomic E-state index is 0. The maximum Gasteiger partial charge on any atom is 1.00 e. The molecule has 2 nitrogen and oxygen atoms in total. The van der Waals surface area contributed by atoms with Crippen LogP contribution in [0.5, 0.6) is 0 Å². The molecule has 0 spiro atoms. The zero-order valence-electron chi connectivity index (χ0n) is 6.02. The summed E-state index contributed by atoms with van der Waals surface area (Å²) in [4.78, 5) is 0. The Morgan fingerprint density at radius 3 is 2.22 bits per heavy atom. The van der Waals surface area contributed by atoms with Crippen molar-refractivity contribution in [2.45, 2.75) is 12.8 Å². The van der Waals surface area contributed by atoms with E-state index in [9.17, 15) is 5.11 Å². The average Bonchev–Trinajstić information content (AvgIpc) is 1.90. The molecule has 1 fully saturated rings. The standard InChI is InChI=1S/C6H12NO.K/c8-5-6-1-3-7-4-2-6;/h6-7H,1-5H2;/q-1;+1. The van der Waals surface area contributed by atoms with Crippen LogP contribution < -0.4 is 61.8 Å². The van der Waals surface area contributed by atoms with E-state index in [4.69, 9.17) is 0 Å². The second-order valence-corrected chi connectivity index (χ2v) is 2.36. The smallest absolute Gasteiger partial charge is 0.854 e. The Morgan fingerprint density at radius 2 is 1.89 bits per heavy atom. The van der Waals surface area contributed by atoms with E-state index in [1.165, 1.54) is 0 Å². The summed E-state index contributed by atoms with van der Waals surface area (Å²) < 4.78 is 0. The number of rotatable bonds is 1. The van der Waals surface area contributed by atoms with Gasteiger partial charge >= 0.3 is 51.4 Å². The molecule has 0 atom stereocenters. The predicted molar refractivity (Wildman–Crippen MR) is 30.5 cm³/mol. The van der Waals surface area contributed by atoms with E-state index in [1.807, 2.05) is 0 Å². The molecule has 0 unspecified atom stereocenters. The molecule has 1 saturated heterocycles. The Kier molecular flexibility index (Phi) is 7.36. The van der Waals surface area contributed by atoms with E-state index in [0.717, 1.165) is 25.9 Å². The topological polar surface area (TPSA) is 35.1 Å².